The number of carbonyl (C=O) groups is 6. The zero-order valence-electron chi connectivity index (χ0n) is 33.0. The third kappa shape index (κ3) is 11.8. The molecule has 14 nitrogen and oxygen atoms in total. The average molecular weight is 742 g/mol. The lowest BCUT2D eigenvalue weighted by molar-refractivity contribution is -0.136. The van der Waals surface area contributed by atoms with Crippen LogP contribution in [0.25, 0.3) is 0 Å². The van der Waals surface area contributed by atoms with Gasteiger partial charge in [-0.15, -0.1) is 0 Å². The molecule has 1 atom stereocenters. The molecular formula is C39H59N5O9. The molecule has 0 bridgehead atoms. The first kappa shape index (κ1) is 41.4. The van der Waals surface area contributed by atoms with Gasteiger partial charge in [0.1, 0.15) is 22.8 Å². The number of hydrogen-bond donors (Lipinski definition) is 2. The summed E-state index contributed by atoms with van der Waals surface area (Å²) in [6.07, 6.45) is 2.99. The molecular weight excluding hydrogens is 682 g/mol. The lowest BCUT2D eigenvalue weighted by Gasteiger charge is -2.39. The van der Waals surface area contributed by atoms with E-state index in [2.05, 4.69) is 15.5 Å². The van der Waals surface area contributed by atoms with Crippen LogP contribution in [0.1, 0.15) is 130 Å². The maximum absolute atomic E-state index is 13.7. The highest BCUT2D eigenvalue weighted by Crippen LogP contribution is 2.38. The molecule has 4 rings (SSSR count). The number of imide groups is 2. The van der Waals surface area contributed by atoms with Crippen molar-refractivity contribution in [1.82, 2.24) is 20.4 Å². The smallest absolute Gasteiger partial charge is 0.419 e. The highest BCUT2D eigenvalue weighted by atomic mass is 16.6. The summed E-state index contributed by atoms with van der Waals surface area (Å²) in [6, 6.07) is 5.03. The van der Waals surface area contributed by atoms with E-state index in [0.29, 0.717) is 31.5 Å². The maximum atomic E-state index is 13.7. The quantitative estimate of drug-likeness (QED) is 0.158. The summed E-state index contributed by atoms with van der Waals surface area (Å²) in [5.74, 6) is -0.753. The fourth-order valence-corrected chi connectivity index (χ4v) is 6.98. The van der Waals surface area contributed by atoms with Crippen molar-refractivity contribution in [3.05, 3.63) is 29.3 Å². The van der Waals surface area contributed by atoms with E-state index in [1.807, 2.05) is 32.9 Å². The molecule has 2 aliphatic heterocycles. The number of alkyl carbamates (subject to hydrolysis) is 1. The molecule has 1 saturated heterocycles. The monoisotopic (exact) mass is 741 g/mol. The van der Waals surface area contributed by atoms with Crippen molar-refractivity contribution >= 4 is 41.7 Å². The molecule has 3 aliphatic rings. The summed E-state index contributed by atoms with van der Waals surface area (Å²) in [4.78, 5) is 81.8. The number of fused-ring (bicyclic) bond motifs is 1. The van der Waals surface area contributed by atoms with Gasteiger partial charge in [0.2, 0.25) is 11.8 Å². The minimum absolute atomic E-state index is 0.0927. The summed E-state index contributed by atoms with van der Waals surface area (Å²) in [5.41, 5.74) is 0.0833. The number of rotatable bonds is 10. The molecule has 2 heterocycles. The van der Waals surface area contributed by atoms with Crippen molar-refractivity contribution < 1.29 is 43.0 Å². The Morgan fingerprint density at radius 3 is 1.96 bits per heavy atom. The van der Waals surface area contributed by atoms with Gasteiger partial charge in [-0.05, 0) is 125 Å². The van der Waals surface area contributed by atoms with E-state index in [1.54, 1.807) is 52.5 Å². The number of anilines is 1. The van der Waals surface area contributed by atoms with Gasteiger partial charge in [-0.1, -0.05) is 6.07 Å². The topological polar surface area (TPSA) is 164 Å². The van der Waals surface area contributed by atoms with Gasteiger partial charge >= 0.3 is 18.3 Å². The Labute approximate surface area is 313 Å². The normalized spacial score (nSPS) is 20.7. The van der Waals surface area contributed by atoms with Gasteiger partial charge in [-0.2, -0.15) is 0 Å². The third-order valence-corrected chi connectivity index (χ3v) is 9.32. The Morgan fingerprint density at radius 1 is 0.811 bits per heavy atom. The SMILES string of the molecule is CC(C)(C)OC(=O)NCC1CCC(N(CCCCN(C(=O)OC(C)(C)C)C(=O)OC(C)(C)C)c2cccc3c2CN(C2CCC(=O)NC2=O)C3=O)CC1. The minimum atomic E-state index is -0.803. The van der Waals surface area contributed by atoms with Crippen LogP contribution in [0, 0.1) is 5.92 Å². The summed E-state index contributed by atoms with van der Waals surface area (Å²) in [6.45, 7) is 17.4. The van der Waals surface area contributed by atoms with Gasteiger partial charge in [0.25, 0.3) is 5.91 Å². The first-order valence-electron chi connectivity index (χ1n) is 18.9. The first-order chi connectivity index (χ1) is 24.6. The van der Waals surface area contributed by atoms with E-state index < -0.39 is 47.0 Å². The van der Waals surface area contributed by atoms with E-state index in [4.69, 9.17) is 14.2 Å². The fourth-order valence-electron chi connectivity index (χ4n) is 6.98. The number of carbonyl (C=O) groups excluding carboxylic acids is 6. The lowest BCUT2D eigenvalue weighted by atomic mass is 9.84. The van der Waals surface area contributed by atoms with Gasteiger partial charge in [0, 0.05) is 55.5 Å². The van der Waals surface area contributed by atoms with Gasteiger partial charge in [0.15, 0.2) is 0 Å². The van der Waals surface area contributed by atoms with E-state index in [0.717, 1.165) is 41.8 Å². The van der Waals surface area contributed by atoms with Crippen molar-refractivity contribution in [2.24, 2.45) is 5.92 Å². The summed E-state index contributed by atoms with van der Waals surface area (Å²) in [7, 11) is 0. The molecule has 1 saturated carbocycles. The second kappa shape index (κ2) is 16.8. The highest BCUT2D eigenvalue weighted by Gasteiger charge is 2.41. The van der Waals surface area contributed by atoms with Crippen LogP contribution in [0.5, 0.6) is 0 Å². The van der Waals surface area contributed by atoms with E-state index in [1.165, 1.54) is 0 Å². The molecule has 6 amide bonds. The van der Waals surface area contributed by atoms with E-state index in [-0.39, 0.29) is 49.7 Å². The molecule has 2 N–H and O–H groups in total. The van der Waals surface area contributed by atoms with Crippen LogP contribution in [0.4, 0.5) is 20.1 Å². The number of unbranched alkanes of at least 4 members (excludes halogenated alkanes) is 1. The first-order valence-corrected chi connectivity index (χ1v) is 18.9. The largest absolute Gasteiger partial charge is 0.444 e. The Kier molecular flexibility index (Phi) is 13.1. The molecule has 1 aromatic carbocycles. The molecule has 0 radical (unpaired) electrons. The standard InChI is InChI=1S/C39H59N5O9/c1-37(2,3)51-34(48)40-23-25-15-17-26(18-16-25)42(21-10-11-22-43(35(49)52-38(4,5)6)36(50)53-39(7,8)9)29-14-12-13-27-28(29)24-44(33(27)47)30-19-20-31(45)41-32(30)46/h12-14,25-26,30H,10-11,15-24H2,1-9H3,(H,40,48)(H,41,45,46). The summed E-state index contributed by atoms with van der Waals surface area (Å²) >= 11 is 0. The fraction of sp³-hybridized carbons (Fsp3) is 0.692. The molecule has 1 aliphatic carbocycles. The van der Waals surface area contributed by atoms with Crippen LogP contribution >= 0.6 is 0 Å². The average Bonchev–Trinajstić information content (AvgIpc) is 3.35. The molecule has 1 unspecified atom stereocenters. The maximum Gasteiger partial charge on any atom is 0.419 e. The van der Waals surface area contributed by atoms with Crippen LogP contribution in [-0.2, 0) is 30.3 Å². The molecule has 53 heavy (non-hydrogen) atoms. The van der Waals surface area contributed by atoms with Crippen LogP contribution in [-0.4, -0.2) is 94.3 Å². The second-order valence-electron chi connectivity index (χ2n) is 17.3. The van der Waals surface area contributed by atoms with Crippen LogP contribution in [0.3, 0.4) is 0 Å². The molecule has 14 heteroatoms. The minimum Gasteiger partial charge on any atom is -0.444 e. The van der Waals surface area contributed by atoms with Crippen molar-refractivity contribution in [3.8, 4) is 0 Å². The predicted molar refractivity (Wildman–Crippen MR) is 198 cm³/mol. The van der Waals surface area contributed by atoms with Crippen molar-refractivity contribution in [2.45, 2.75) is 149 Å². The van der Waals surface area contributed by atoms with Gasteiger partial charge < -0.3 is 29.3 Å². The third-order valence-electron chi connectivity index (χ3n) is 9.32. The van der Waals surface area contributed by atoms with Crippen molar-refractivity contribution in [1.29, 1.82) is 0 Å². The predicted octanol–water partition coefficient (Wildman–Crippen LogP) is 6.29. The number of amides is 6. The van der Waals surface area contributed by atoms with Crippen LogP contribution in [0.2, 0.25) is 0 Å². The number of nitrogens with one attached hydrogen (secondary N) is 2. The Morgan fingerprint density at radius 2 is 1.40 bits per heavy atom. The zero-order chi connectivity index (χ0) is 39.3. The second-order valence-corrected chi connectivity index (χ2v) is 17.3. The highest BCUT2D eigenvalue weighted by molar-refractivity contribution is 6.06. The molecule has 294 valence electrons. The Hall–Kier alpha value is -4.36. The van der Waals surface area contributed by atoms with Crippen molar-refractivity contribution in [2.75, 3.05) is 24.5 Å². The van der Waals surface area contributed by atoms with Crippen LogP contribution in [0.15, 0.2) is 18.2 Å². The van der Waals surface area contributed by atoms with E-state index in [9.17, 15) is 28.8 Å². The van der Waals surface area contributed by atoms with Crippen molar-refractivity contribution in [3.63, 3.8) is 0 Å². The number of piperidine rings is 1. The number of hydrogen-bond acceptors (Lipinski definition) is 10. The summed E-state index contributed by atoms with van der Waals surface area (Å²) < 4.78 is 16.5. The summed E-state index contributed by atoms with van der Waals surface area (Å²) in [5, 5.41) is 5.29. The Bertz CT molecular complexity index is 1500. The Balaban J connectivity index is 1.52. The number of nitrogens with zero attached hydrogens (tertiary/aromatic N) is 3. The zero-order valence-corrected chi connectivity index (χ0v) is 33.0. The molecule has 1 aromatic rings. The lowest BCUT2D eigenvalue weighted by Crippen LogP contribution is -2.52. The molecule has 0 spiro atoms. The number of ether oxygens (including phenoxy) is 3. The molecule has 2 fully saturated rings. The molecule has 0 aromatic heterocycles. The van der Waals surface area contributed by atoms with E-state index >= 15 is 0 Å². The van der Waals surface area contributed by atoms with Gasteiger partial charge in [-0.25, -0.2) is 19.3 Å². The van der Waals surface area contributed by atoms with Crippen LogP contribution < -0.4 is 15.5 Å². The number of benzene rings is 1. The van der Waals surface area contributed by atoms with Gasteiger partial charge in [-0.3, -0.25) is 19.7 Å². The van der Waals surface area contributed by atoms with Gasteiger partial charge in [0.05, 0.1) is 0 Å².